The second-order valence-electron chi connectivity index (χ2n) is 6.54. The molecule has 0 spiro atoms. The first-order chi connectivity index (χ1) is 10.2. The van der Waals surface area contributed by atoms with Gasteiger partial charge in [0.15, 0.2) is 0 Å². The quantitative estimate of drug-likeness (QED) is 0.939. The van der Waals surface area contributed by atoms with Crippen molar-refractivity contribution in [2.45, 2.75) is 45.7 Å². The third kappa shape index (κ3) is 3.27. The molecule has 1 unspecified atom stereocenters. The van der Waals surface area contributed by atoms with E-state index in [0.717, 1.165) is 23.5 Å². The highest BCUT2D eigenvalue weighted by atomic mass is 15.2. The van der Waals surface area contributed by atoms with Crippen LogP contribution in [0.15, 0.2) is 24.5 Å². The van der Waals surface area contributed by atoms with Gasteiger partial charge in [0.2, 0.25) is 0 Å². The SMILES string of the molecule is CC(C)N1CCCC(Cc2cn3ccc(CN)cc3n2)C1. The number of hydrogen-bond acceptors (Lipinski definition) is 3. The highest BCUT2D eigenvalue weighted by Gasteiger charge is 2.22. The molecule has 1 aliphatic rings. The first-order valence-corrected chi connectivity index (χ1v) is 8.06. The number of fused-ring (bicyclic) bond motifs is 1. The smallest absolute Gasteiger partial charge is 0.137 e. The van der Waals surface area contributed by atoms with Crippen molar-refractivity contribution in [1.82, 2.24) is 14.3 Å². The van der Waals surface area contributed by atoms with E-state index in [-0.39, 0.29) is 0 Å². The third-order valence-electron chi connectivity index (χ3n) is 4.59. The summed E-state index contributed by atoms with van der Waals surface area (Å²) < 4.78 is 2.11. The molecule has 0 amide bonds. The van der Waals surface area contributed by atoms with E-state index in [1.54, 1.807) is 0 Å². The van der Waals surface area contributed by atoms with Crippen LogP contribution in [0.3, 0.4) is 0 Å². The van der Waals surface area contributed by atoms with E-state index >= 15 is 0 Å². The van der Waals surface area contributed by atoms with Gasteiger partial charge in [0, 0.05) is 31.5 Å². The summed E-state index contributed by atoms with van der Waals surface area (Å²) in [4.78, 5) is 7.37. The lowest BCUT2D eigenvalue weighted by atomic mass is 9.93. The van der Waals surface area contributed by atoms with Crippen LogP contribution in [0.5, 0.6) is 0 Å². The van der Waals surface area contributed by atoms with Gasteiger partial charge in [-0.25, -0.2) is 4.98 Å². The fraction of sp³-hybridized carbons (Fsp3) is 0.588. The van der Waals surface area contributed by atoms with E-state index in [9.17, 15) is 0 Å². The molecule has 0 aliphatic carbocycles. The lowest BCUT2D eigenvalue weighted by Gasteiger charge is -2.35. The van der Waals surface area contributed by atoms with Crippen molar-refractivity contribution in [3.8, 4) is 0 Å². The predicted molar refractivity (Wildman–Crippen MR) is 86.2 cm³/mol. The van der Waals surface area contributed by atoms with Crippen LogP contribution in [0.1, 0.15) is 37.9 Å². The van der Waals surface area contributed by atoms with Crippen LogP contribution in [0.4, 0.5) is 0 Å². The number of nitrogens with two attached hydrogens (primary N) is 1. The van der Waals surface area contributed by atoms with Crippen LogP contribution in [0.2, 0.25) is 0 Å². The Morgan fingerprint density at radius 2 is 2.29 bits per heavy atom. The number of imidazole rings is 1. The summed E-state index contributed by atoms with van der Waals surface area (Å²) in [6.07, 6.45) is 7.96. The molecule has 1 atom stereocenters. The van der Waals surface area contributed by atoms with Crippen molar-refractivity contribution in [3.05, 3.63) is 35.8 Å². The molecule has 1 aliphatic heterocycles. The van der Waals surface area contributed by atoms with Crippen molar-refractivity contribution >= 4 is 5.65 Å². The van der Waals surface area contributed by atoms with Gasteiger partial charge in [0.05, 0.1) is 5.69 Å². The number of aromatic nitrogens is 2. The molecule has 2 aromatic heterocycles. The average Bonchev–Trinajstić information content (AvgIpc) is 2.88. The van der Waals surface area contributed by atoms with E-state index in [1.807, 2.05) is 0 Å². The Morgan fingerprint density at radius 3 is 3.05 bits per heavy atom. The molecule has 4 heteroatoms. The summed E-state index contributed by atoms with van der Waals surface area (Å²) in [6.45, 7) is 7.62. The molecule has 0 saturated carbocycles. The Bertz CT molecular complexity index is 602. The summed E-state index contributed by atoms with van der Waals surface area (Å²) in [5.41, 5.74) is 9.07. The minimum absolute atomic E-state index is 0.574. The van der Waals surface area contributed by atoms with E-state index in [0.29, 0.717) is 12.6 Å². The maximum atomic E-state index is 5.70. The van der Waals surface area contributed by atoms with Crippen LogP contribution < -0.4 is 5.73 Å². The molecule has 4 nitrogen and oxygen atoms in total. The normalized spacial score (nSPS) is 20.5. The number of likely N-dealkylation sites (tertiary alicyclic amines) is 1. The summed E-state index contributed by atoms with van der Waals surface area (Å²) >= 11 is 0. The first kappa shape index (κ1) is 14.5. The average molecular weight is 286 g/mol. The Balaban J connectivity index is 1.72. The number of pyridine rings is 1. The molecule has 21 heavy (non-hydrogen) atoms. The van der Waals surface area contributed by atoms with Gasteiger partial charge < -0.3 is 15.0 Å². The van der Waals surface area contributed by atoms with Crippen LogP contribution in [-0.4, -0.2) is 33.4 Å². The van der Waals surface area contributed by atoms with Crippen LogP contribution in [0, 0.1) is 5.92 Å². The van der Waals surface area contributed by atoms with E-state index in [1.165, 1.54) is 31.6 Å². The lowest BCUT2D eigenvalue weighted by molar-refractivity contribution is 0.139. The molecular weight excluding hydrogens is 260 g/mol. The summed E-state index contributed by atoms with van der Waals surface area (Å²) in [5, 5.41) is 0. The zero-order chi connectivity index (χ0) is 14.8. The topological polar surface area (TPSA) is 46.6 Å². The van der Waals surface area contributed by atoms with Crippen molar-refractivity contribution < 1.29 is 0 Å². The fourth-order valence-corrected chi connectivity index (χ4v) is 3.33. The summed E-state index contributed by atoms with van der Waals surface area (Å²) in [7, 11) is 0. The zero-order valence-electron chi connectivity index (χ0n) is 13.1. The fourth-order valence-electron chi connectivity index (χ4n) is 3.33. The molecule has 0 radical (unpaired) electrons. The van der Waals surface area contributed by atoms with E-state index in [4.69, 9.17) is 10.7 Å². The number of nitrogens with zero attached hydrogens (tertiary/aromatic N) is 3. The Labute approximate surface area is 127 Å². The van der Waals surface area contributed by atoms with Crippen LogP contribution >= 0.6 is 0 Å². The molecule has 114 valence electrons. The molecule has 1 saturated heterocycles. The Morgan fingerprint density at radius 1 is 1.43 bits per heavy atom. The monoisotopic (exact) mass is 286 g/mol. The van der Waals surface area contributed by atoms with Gasteiger partial charge in [-0.05, 0) is 63.3 Å². The van der Waals surface area contributed by atoms with Crippen molar-refractivity contribution in [3.63, 3.8) is 0 Å². The number of rotatable bonds is 4. The zero-order valence-corrected chi connectivity index (χ0v) is 13.1. The van der Waals surface area contributed by atoms with E-state index < -0.39 is 0 Å². The number of hydrogen-bond donors (Lipinski definition) is 1. The van der Waals surface area contributed by atoms with E-state index in [2.05, 4.69) is 47.7 Å². The Hall–Kier alpha value is -1.39. The Kier molecular flexibility index (Phi) is 4.27. The molecule has 0 aromatic carbocycles. The standard InChI is InChI=1S/C17H26N4/c1-13(2)20-6-3-4-15(11-20)8-16-12-21-7-5-14(10-18)9-17(21)19-16/h5,7,9,12-13,15H,3-4,6,8,10-11,18H2,1-2H3. The maximum absolute atomic E-state index is 5.70. The summed E-state index contributed by atoms with van der Waals surface area (Å²) in [6, 6.07) is 4.81. The highest BCUT2D eigenvalue weighted by Crippen LogP contribution is 2.22. The highest BCUT2D eigenvalue weighted by molar-refractivity contribution is 5.43. The second-order valence-corrected chi connectivity index (χ2v) is 6.54. The molecule has 2 aromatic rings. The molecule has 1 fully saturated rings. The third-order valence-corrected chi connectivity index (χ3v) is 4.59. The maximum Gasteiger partial charge on any atom is 0.137 e. The molecule has 2 N–H and O–H groups in total. The van der Waals surface area contributed by atoms with Gasteiger partial charge in [0.25, 0.3) is 0 Å². The molecule has 0 bridgehead atoms. The predicted octanol–water partition coefficient (Wildman–Crippen LogP) is 2.46. The molecular formula is C17H26N4. The lowest BCUT2D eigenvalue weighted by Crippen LogP contribution is -2.40. The summed E-state index contributed by atoms with van der Waals surface area (Å²) in [5.74, 6) is 0.736. The van der Waals surface area contributed by atoms with Crippen LogP contribution in [0.25, 0.3) is 5.65 Å². The minimum atomic E-state index is 0.574. The van der Waals surface area contributed by atoms with Crippen molar-refractivity contribution in [2.24, 2.45) is 11.7 Å². The van der Waals surface area contributed by atoms with Crippen molar-refractivity contribution in [1.29, 1.82) is 0 Å². The number of piperidine rings is 1. The van der Waals surface area contributed by atoms with Gasteiger partial charge in [0.1, 0.15) is 5.65 Å². The second kappa shape index (κ2) is 6.16. The minimum Gasteiger partial charge on any atom is -0.326 e. The van der Waals surface area contributed by atoms with Gasteiger partial charge in [-0.2, -0.15) is 0 Å². The molecule has 3 heterocycles. The van der Waals surface area contributed by atoms with Crippen LogP contribution in [-0.2, 0) is 13.0 Å². The van der Waals surface area contributed by atoms with Gasteiger partial charge >= 0.3 is 0 Å². The van der Waals surface area contributed by atoms with Gasteiger partial charge in [-0.15, -0.1) is 0 Å². The first-order valence-electron chi connectivity index (χ1n) is 8.06. The largest absolute Gasteiger partial charge is 0.326 e. The van der Waals surface area contributed by atoms with Gasteiger partial charge in [-0.3, -0.25) is 0 Å². The molecule has 3 rings (SSSR count). The van der Waals surface area contributed by atoms with Gasteiger partial charge in [-0.1, -0.05) is 0 Å². The van der Waals surface area contributed by atoms with Crippen molar-refractivity contribution in [2.75, 3.05) is 13.1 Å².